The average molecular weight is 471 g/mol. The predicted molar refractivity (Wildman–Crippen MR) is 138 cm³/mol. The third-order valence-electron chi connectivity index (χ3n) is 5.82. The molecular weight excluding hydrogens is 440 g/mol. The van der Waals surface area contributed by atoms with Gasteiger partial charge in [0.2, 0.25) is 0 Å². The molecular formula is C30H30O5. The minimum Gasteiger partial charge on any atom is -0.493 e. The minimum absolute atomic E-state index is 0.0586. The Morgan fingerprint density at radius 2 is 1.66 bits per heavy atom. The second-order valence-electron chi connectivity index (χ2n) is 8.61. The summed E-state index contributed by atoms with van der Waals surface area (Å²) in [6.07, 6.45) is 1.30. The van der Waals surface area contributed by atoms with E-state index in [0.29, 0.717) is 19.4 Å². The summed E-state index contributed by atoms with van der Waals surface area (Å²) in [5, 5.41) is 11.0. The van der Waals surface area contributed by atoms with E-state index in [1.54, 1.807) is 0 Å². The van der Waals surface area contributed by atoms with Crippen molar-refractivity contribution in [2.24, 2.45) is 0 Å². The Hall–Kier alpha value is -3.99. The summed E-state index contributed by atoms with van der Waals surface area (Å²) >= 11 is 0. The van der Waals surface area contributed by atoms with Crippen LogP contribution in [0.15, 0.2) is 84.9 Å². The van der Waals surface area contributed by atoms with Crippen molar-refractivity contribution in [2.75, 3.05) is 6.61 Å². The van der Waals surface area contributed by atoms with Gasteiger partial charge in [-0.25, -0.2) is 0 Å². The highest BCUT2D eigenvalue weighted by Gasteiger charge is 2.11. The van der Waals surface area contributed by atoms with E-state index in [4.69, 9.17) is 19.3 Å². The van der Waals surface area contributed by atoms with Gasteiger partial charge in [-0.05, 0) is 67.1 Å². The van der Waals surface area contributed by atoms with Crippen LogP contribution < -0.4 is 14.2 Å². The molecule has 0 spiro atoms. The molecule has 0 aliphatic heterocycles. The second kappa shape index (κ2) is 11.4. The van der Waals surface area contributed by atoms with Crippen molar-refractivity contribution >= 4 is 16.7 Å². The average Bonchev–Trinajstić information content (AvgIpc) is 2.84. The van der Waals surface area contributed by atoms with Gasteiger partial charge in [-0.3, -0.25) is 4.79 Å². The number of hydrogen-bond donors (Lipinski definition) is 1. The molecule has 4 rings (SSSR count). The van der Waals surface area contributed by atoms with Crippen LogP contribution in [0.3, 0.4) is 0 Å². The summed E-state index contributed by atoms with van der Waals surface area (Å²) in [4.78, 5) is 10.8. The molecule has 5 nitrogen and oxygen atoms in total. The van der Waals surface area contributed by atoms with Crippen molar-refractivity contribution in [3.63, 3.8) is 0 Å². The van der Waals surface area contributed by atoms with Crippen molar-refractivity contribution in [3.05, 3.63) is 96.1 Å². The van der Waals surface area contributed by atoms with Crippen molar-refractivity contribution < 1.29 is 24.1 Å². The van der Waals surface area contributed by atoms with Crippen LogP contribution in [0, 0.1) is 6.92 Å². The topological polar surface area (TPSA) is 65.0 Å². The van der Waals surface area contributed by atoms with Crippen LogP contribution in [-0.4, -0.2) is 23.8 Å². The van der Waals surface area contributed by atoms with Gasteiger partial charge in [0.25, 0.3) is 0 Å². The number of fused-ring (bicyclic) bond motifs is 1. The van der Waals surface area contributed by atoms with Gasteiger partial charge < -0.3 is 19.3 Å². The molecule has 5 heteroatoms. The van der Waals surface area contributed by atoms with Gasteiger partial charge >= 0.3 is 5.97 Å². The number of benzene rings is 4. The van der Waals surface area contributed by atoms with Crippen LogP contribution in [0.1, 0.15) is 30.9 Å². The summed E-state index contributed by atoms with van der Waals surface area (Å²) in [6.45, 7) is 4.51. The zero-order chi connectivity index (χ0) is 24.6. The smallest absolute Gasteiger partial charge is 0.303 e. The Morgan fingerprint density at radius 1 is 0.886 bits per heavy atom. The predicted octanol–water partition coefficient (Wildman–Crippen LogP) is 7.19. The molecule has 1 atom stereocenters. The van der Waals surface area contributed by atoms with Crippen LogP contribution in [0.5, 0.6) is 23.0 Å². The second-order valence-corrected chi connectivity index (χ2v) is 8.61. The van der Waals surface area contributed by atoms with Crippen LogP contribution >= 0.6 is 0 Å². The number of aryl methyl sites for hydroxylation is 2. The van der Waals surface area contributed by atoms with E-state index >= 15 is 0 Å². The molecule has 0 radical (unpaired) electrons. The van der Waals surface area contributed by atoms with Crippen LogP contribution in [0.2, 0.25) is 0 Å². The van der Waals surface area contributed by atoms with Crippen LogP contribution in [0.25, 0.3) is 10.8 Å². The van der Waals surface area contributed by atoms with E-state index in [2.05, 4.69) is 6.07 Å². The summed E-state index contributed by atoms with van der Waals surface area (Å²) < 4.78 is 18.3. The van der Waals surface area contributed by atoms with E-state index in [-0.39, 0.29) is 12.5 Å². The molecule has 0 aromatic heterocycles. The standard InChI is InChI=1S/C30H30O5/c1-21-18-26(14-12-23(21)13-15-30(31)32)33-17-16-22(2)34-27-19-24-8-6-7-11-28(24)29(20-27)35-25-9-4-3-5-10-25/h3-12,14,18-20,22H,13,15-17H2,1-2H3,(H,31,32)/t22-/m1/s1. The first-order chi connectivity index (χ1) is 17.0. The number of rotatable bonds is 11. The lowest BCUT2D eigenvalue weighted by Crippen LogP contribution is -2.16. The maximum atomic E-state index is 10.8. The lowest BCUT2D eigenvalue weighted by molar-refractivity contribution is -0.136. The van der Waals surface area contributed by atoms with Crippen molar-refractivity contribution in [2.45, 2.75) is 39.2 Å². The molecule has 4 aromatic carbocycles. The maximum absolute atomic E-state index is 10.8. The van der Waals surface area contributed by atoms with Crippen LogP contribution in [0.4, 0.5) is 0 Å². The molecule has 35 heavy (non-hydrogen) atoms. The number of ether oxygens (including phenoxy) is 3. The Morgan fingerprint density at radius 3 is 2.43 bits per heavy atom. The Balaban J connectivity index is 1.37. The largest absolute Gasteiger partial charge is 0.493 e. The lowest BCUT2D eigenvalue weighted by Gasteiger charge is -2.18. The third-order valence-corrected chi connectivity index (χ3v) is 5.82. The monoisotopic (exact) mass is 470 g/mol. The minimum atomic E-state index is -0.788. The highest BCUT2D eigenvalue weighted by molar-refractivity contribution is 5.90. The van der Waals surface area contributed by atoms with Crippen LogP contribution in [-0.2, 0) is 11.2 Å². The van der Waals surface area contributed by atoms with Gasteiger partial charge in [0.15, 0.2) is 0 Å². The first kappa shape index (κ1) is 24.1. The summed E-state index contributed by atoms with van der Waals surface area (Å²) in [5.74, 6) is 2.27. The summed E-state index contributed by atoms with van der Waals surface area (Å²) in [6, 6.07) is 27.6. The van der Waals surface area contributed by atoms with E-state index in [0.717, 1.165) is 44.9 Å². The Kier molecular flexibility index (Phi) is 7.88. The highest BCUT2D eigenvalue weighted by atomic mass is 16.5. The molecule has 0 saturated carbocycles. The zero-order valence-corrected chi connectivity index (χ0v) is 20.1. The number of aliphatic carboxylic acids is 1. The van der Waals surface area contributed by atoms with Gasteiger partial charge in [0, 0.05) is 24.3 Å². The summed E-state index contributed by atoms with van der Waals surface area (Å²) in [7, 11) is 0. The normalized spacial score (nSPS) is 11.7. The first-order valence-electron chi connectivity index (χ1n) is 11.8. The van der Waals surface area contributed by atoms with Gasteiger partial charge in [-0.2, -0.15) is 0 Å². The molecule has 0 amide bonds. The summed E-state index contributed by atoms with van der Waals surface area (Å²) in [5.41, 5.74) is 2.07. The first-order valence-corrected chi connectivity index (χ1v) is 11.8. The third kappa shape index (κ3) is 6.76. The van der Waals surface area contributed by atoms with Gasteiger partial charge in [-0.1, -0.05) is 48.5 Å². The fraction of sp³-hybridized carbons (Fsp3) is 0.233. The van der Waals surface area contributed by atoms with Crippen molar-refractivity contribution in [1.29, 1.82) is 0 Å². The molecule has 0 aliphatic rings. The molecule has 1 N–H and O–H groups in total. The van der Waals surface area contributed by atoms with Gasteiger partial charge in [0.05, 0.1) is 12.7 Å². The van der Waals surface area contributed by atoms with E-state index in [1.165, 1.54) is 0 Å². The molecule has 180 valence electrons. The number of carbonyl (C=O) groups is 1. The highest BCUT2D eigenvalue weighted by Crippen LogP contribution is 2.34. The van der Waals surface area contributed by atoms with E-state index < -0.39 is 5.97 Å². The number of hydrogen-bond acceptors (Lipinski definition) is 4. The van der Waals surface area contributed by atoms with Gasteiger partial charge in [0.1, 0.15) is 23.0 Å². The molecule has 4 aromatic rings. The van der Waals surface area contributed by atoms with E-state index in [9.17, 15) is 4.79 Å². The lowest BCUT2D eigenvalue weighted by atomic mass is 10.0. The van der Waals surface area contributed by atoms with Crippen molar-refractivity contribution in [3.8, 4) is 23.0 Å². The molecule has 0 saturated heterocycles. The molecule has 0 aliphatic carbocycles. The van der Waals surface area contributed by atoms with Gasteiger partial charge in [-0.15, -0.1) is 0 Å². The van der Waals surface area contributed by atoms with Crippen molar-refractivity contribution in [1.82, 2.24) is 0 Å². The number of carboxylic acid groups (broad SMARTS) is 1. The molecule has 0 bridgehead atoms. The van der Waals surface area contributed by atoms with E-state index in [1.807, 2.05) is 92.7 Å². The quantitative estimate of drug-likeness (QED) is 0.251. The number of carboxylic acids is 1. The maximum Gasteiger partial charge on any atom is 0.303 e. The molecule has 0 fully saturated rings. The Labute approximate surface area is 205 Å². The number of para-hydroxylation sites is 1. The Bertz CT molecular complexity index is 1280. The molecule has 0 unspecified atom stereocenters. The molecule has 0 heterocycles. The zero-order valence-electron chi connectivity index (χ0n) is 20.1. The fourth-order valence-corrected chi connectivity index (χ4v) is 3.93. The fourth-order valence-electron chi connectivity index (χ4n) is 3.93. The SMILES string of the molecule is Cc1cc(OCC[C@@H](C)Oc2cc(Oc3ccccc3)c3ccccc3c2)ccc1CCC(=O)O.